The van der Waals surface area contributed by atoms with Gasteiger partial charge in [-0.2, -0.15) is 5.11 Å². The van der Waals surface area contributed by atoms with Gasteiger partial charge in [0.15, 0.2) is 42.6 Å². The van der Waals surface area contributed by atoms with Gasteiger partial charge in [0.05, 0.1) is 75.3 Å². The van der Waals surface area contributed by atoms with Crippen molar-refractivity contribution in [3.8, 4) is 17.2 Å². The van der Waals surface area contributed by atoms with Crippen molar-refractivity contribution in [3.63, 3.8) is 0 Å². The number of nitrogens with two attached hydrogens (primary N) is 1. The standard InChI is InChI=1S/C28H29N5O21S6.4Na/c1-51-19-13-18(56(37,38)10-8-54-60(48,49)50)14-20(52-2)25(19)31-33-27-22(58(42,43)44)12-15-11-21(57(39,40)41)26(24(29)23(15)28(27)34)32-30-16-3-5-17(6-4-16)55(35,36)9-7-53-59(45,46)47;;;;/h3-6,11-14,34H,7-10,29H2,1-2H3,(H,39,40,41)(H,42,43,44)(H,45,46,47)(H,48,49,50);;;;/q;4*+1/p-4. The van der Waals surface area contributed by atoms with Crippen LogP contribution in [0.3, 0.4) is 0 Å². The van der Waals surface area contributed by atoms with Gasteiger partial charge in [-0.1, -0.05) is 0 Å². The van der Waals surface area contributed by atoms with Crippen LogP contribution >= 0.6 is 0 Å². The Bertz CT molecular complexity index is 3100. The number of nitrogen functional groups attached to an aromatic ring is 1. The molecule has 4 rings (SSSR count). The molecule has 0 heterocycles. The Balaban J connectivity index is 0.00000992. The van der Waals surface area contributed by atoms with E-state index in [0.29, 0.717) is 12.1 Å². The average molecular weight is 1050 g/mol. The molecule has 3 N–H and O–H groups in total. The number of anilines is 1. The normalized spacial score (nSPS) is 12.5. The third kappa shape index (κ3) is 16.6. The van der Waals surface area contributed by atoms with Crippen molar-refractivity contribution in [1.29, 1.82) is 0 Å². The first-order valence-corrected chi connectivity index (χ1v) is 24.2. The Morgan fingerprint density at radius 3 is 1.36 bits per heavy atom. The van der Waals surface area contributed by atoms with Crippen molar-refractivity contribution in [1.82, 2.24) is 0 Å². The number of sulfone groups is 2. The van der Waals surface area contributed by atoms with Crippen molar-refractivity contribution >= 4 is 99.9 Å². The van der Waals surface area contributed by atoms with Gasteiger partial charge in [0.25, 0.3) is 0 Å². The topological polar surface area (TPSA) is 430 Å². The number of ether oxygens (including phenoxy) is 2. The summed E-state index contributed by atoms with van der Waals surface area (Å²) in [5.41, 5.74) is 2.50. The molecule has 0 bridgehead atoms. The van der Waals surface area contributed by atoms with Gasteiger partial charge in [0, 0.05) is 12.1 Å². The van der Waals surface area contributed by atoms with Crippen LogP contribution in [0, 0.1) is 0 Å². The van der Waals surface area contributed by atoms with E-state index in [9.17, 15) is 73.8 Å². The summed E-state index contributed by atoms with van der Waals surface area (Å²) in [6.07, 6.45) is 0. The molecule has 0 aliphatic rings. The third-order valence-corrected chi connectivity index (χ3v) is 13.5. The Labute approximate surface area is 454 Å². The maximum Gasteiger partial charge on any atom is 1.00 e. The van der Waals surface area contributed by atoms with Gasteiger partial charge in [-0.25, -0.2) is 50.5 Å². The first-order valence-electron chi connectivity index (χ1n) is 15.4. The number of aromatic hydroxyl groups is 1. The Kier molecular flexibility index (Phi) is 24.1. The number of phenols is 1. The van der Waals surface area contributed by atoms with Crippen molar-refractivity contribution in [2.24, 2.45) is 20.5 Å². The number of nitrogens with zero attached hydrogens (tertiary/aromatic N) is 4. The molecule has 0 aliphatic heterocycles. The van der Waals surface area contributed by atoms with Crippen LogP contribution in [0.15, 0.2) is 88.6 Å². The molecule has 0 amide bonds. The average Bonchev–Trinajstić information content (AvgIpc) is 3.11. The molecule has 0 atom stereocenters. The fourth-order valence-electron chi connectivity index (χ4n) is 4.89. The molecule has 0 saturated heterocycles. The summed E-state index contributed by atoms with van der Waals surface area (Å²) < 4.78 is 207. The van der Waals surface area contributed by atoms with Crippen molar-refractivity contribution in [2.45, 2.75) is 19.6 Å². The van der Waals surface area contributed by atoms with E-state index < -0.39 is 156 Å². The minimum Gasteiger partial charge on any atom is -0.744 e. The van der Waals surface area contributed by atoms with Crippen LogP contribution in [0.5, 0.6) is 17.2 Å². The van der Waals surface area contributed by atoms with E-state index in [0.717, 1.165) is 50.6 Å². The molecular formula is C28H25N5Na4O21S6. The van der Waals surface area contributed by atoms with E-state index in [1.54, 1.807) is 0 Å². The second-order valence-electron chi connectivity index (χ2n) is 11.4. The molecule has 0 saturated carbocycles. The smallest absolute Gasteiger partial charge is 0.744 e. The largest absolute Gasteiger partial charge is 1.00 e. The molecule has 0 radical (unpaired) electrons. The molecule has 64 heavy (non-hydrogen) atoms. The summed E-state index contributed by atoms with van der Waals surface area (Å²) in [5, 5.41) is 24.9. The van der Waals surface area contributed by atoms with E-state index in [1.165, 1.54) is 0 Å². The van der Waals surface area contributed by atoms with E-state index in [-0.39, 0.29) is 124 Å². The molecule has 36 heteroatoms. The summed E-state index contributed by atoms with van der Waals surface area (Å²) >= 11 is 0. The number of benzene rings is 4. The van der Waals surface area contributed by atoms with Crippen LogP contribution in [-0.4, -0.2) is 113 Å². The van der Waals surface area contributed by atoms with Gasteiger partial charge in [0.1, 0.15) is 31.6 Å². The summed E-state index contributed by atoms with van der Waals surface area (Å²) in [7, 11) is -28.2. The molecule has 0 spiro atoms. The molecule has 0 fully saturated rings. The Morgan fingerprint density at radius 2 is 0.953 bits per heavy atom. The van der Waals surface area contributed by atoms with Crippen LogP contribution in [0.2, 0.25) is 0 Å². The second-order valence-corrected chi connectivity index (χ2v) is 20.4. The monoisotopic (exact) mass is 1050 g/mol. The fourth-order valence-corrected chi connectivity index (χ4v) is 9.19. The molecule has 0 aromatic heterocycles. The quantitative estimate of drug-likeness (QED) is 0.0307. The number of phenolic OH excluding ortho intramolecular Hbond substituents is 1. The van der Waals surface area contributed by atoms with Crippen molar-refractivity contribution in [2.75, 3.05) is 44.7 Å². The molecule has 4 aromatic rings. The zero-order valence-corrected chi connectivity index (χ0v) is 46.8. The van der Waals surface area contributed by atoms with Crippen molar-refractivity contribution in [3.05, 3.63) is 48.5 Å². The maximum absolute atomic E-state index is 12.8. The summed E-state index contributed by atoms with van der Waals surface area (Å²) in [6.45, 7) is -2.06. The van der Waals surface area contributed by atoms with Crippen LogP contribution < -0.4 is 133 Å². The molecule has 0 aliphatic carbocycles. The third-order valence-electron chi connectivity index (χ3n) is 7.54. The first-order chi connectivity index (χ1) is 27.5. The van der Waals surface area contributed by atoms with E-state index >= 15 is 0 Å². The van der Waals surface area contributed by atoms with Gasteiger partial charge in [-0.05, 0) is 41.8 Å². The predicted molar refractivity (Wildman–Crippen MR) is 196 cm³/mol. The molecule has 0 unspecified atom stereocenters. The van der Waals surface area contributed by atoms with Gasteiger partial charge in [-0.3, -0.25) is 8.37 Å². The van der Waals surface area contributed by atoms with Crippen LogP contribution in [0.25, 0.3) is 10.8 Å². The number of azo groups is 2. The van der Waals surface area contributed by atoms with Crippen LogP contribution in [0.1, 0.15) is 0 Å². The summed E-state index contributed by atoms with van der Waals surface area (Å²) in [4.78, 5) is -3.58. The Morgan fingerprint density at radius 1 is 0.562 bits per heavy atom. The SMILES string of the molecule is COc1cc(S(=O)(=O)CCOS(=O)(=O)[O-])cc(OC)c1N=Nc1c(S(=O)(=O)[O-])cc2cc(S(=O)(=O)[O-])c(N=Nc3ccc(S(=O)(=O)CCOS(=O)(=O)[O-])cc3)c(N)c2c1O.[Na+].[Na+].[Na+].[Na+]. The molecule has 328 valence electrons. The number of hydrogen-bond donors (Lipinski definition) is 2. The van der Waals surface area contributed by atoms with Crippen LogP contribution in [-0.2, 0) is 69.1 Å². The summed E-state index contributed by atoms with van der Waals surface area (Å²) in [6, 6.07) is 6.60. The van der Waals surface area contributed by atoms with Gasteiger partial charge in [0.2, 0.25) is 20.8 Å². The fraction of sp³-hybridized carbons (Fsp3) is 0.214. The Hall–Kier alpha value is -1.00. The zero-order valence-electron chi connectivity index (χ0n) is 33.9. The first kappa shape index (κ1) is 63.0. The predicted octanol–water partition coefficient (Wildman–Crippen LogP) is -10.7. The van der Waals surface area contributed by atoms with E-state index in [2.05, 4.69) is 28.8 Å². The van der Waals surface area contributed by atoms with Gasteiger partial charge >= 0.3 is 118 Å². The minimum absolute atomic E-state index is 0. The number of fused-ring (bicyclic) bond motifs is 1. The van der Waals surface area contributed by atoms with Gasteiger partial charge < -0.3 is 38.5 Å². The number of methoxy groups -OCH3 is 2. The maximum atomic E-state index is 12.8. The number of hydrogen-bond acceptors (Lipinski definition) is 26. The van der Waals surface area contributed by atoms with E-state index in [1.807, 2.05) is 0 Å². The molecule has 4 aromatic carbocycles. The summed E-state index contributed by atoms with van der Waals surface area (Å²) in [5.74, 6) is -4.12. The van der Waals surface area contributed by atoms with Crippen molar-refractivity contribution < 1.29 is 210 Å². The minimum atomic E-state index is -5.66. The number of rotatable bonds is 18. The zero-order chi connectivity index (χ0) is 45.2. The second kappa shape index (κ2) is 24.5. The molecular weight excluding hydrogens is 1030 g/mol. The molecule has 26 nitrogen and oxygen atoms in total. The van der Waals surface area contributed by atoms with Gasteiger partial charge in [-0.15, -0.1) is 15.3 Å². The van der Waals surface area contributed by atoms with E-state index in [4.69, 9.17) is 15.2 Å². The van der Waals surface area contributed by atoms with Crippen LogP contribution in [0.4, 0.5) is 28.4 Å².